The van der Waals surface area contributed by atoms with E-state index in [-0.39, 0.29) is 30.0 Å². The number of aromatic nitrogens is 2. The molecule has 0 aromatic carbocycles. The van der Waals surface area contributed by atoms with Crippen LogP contribution in [0.4, 0.5) is 0 Å². The van der Waals surface area contributed by atoms with Gasteiger partial charge >= 0.3 is 0 Å². The van der Waals surface area contributed by atoms with E-state index in [1.807, 2.05) is 24.0 Å². The number of halogens is 2. The molecular weight excluding hydrogens is 533 g/mol. The van der Waals surface area contributed by atoms with Crippen molar-refractivity contribution < 1.29 is 0 Å². The maximum Gasteiger partial charge on any atom is 0.194 e. The number of hydrogen-bond acceptors (Lipinski definition) is 5. The quantitative estimate of drug-likeness (QED) is 0.318. The Bertz CT molecular complexity index is 799. The lowest BCUT2D eigenvalue weighted by molar-refractivity contribution is 0.173. The molecule has 1 N–H and O–H groups in total. The van der Waals surface area contributed by atoms with Crippen LogP contribution in [-0.2, 0) is 13.6 Å². The lowest BCUT2D eigenvalue weighted by Crippen LogP contribution is -2.52. The Morgan fingerprint density at radius 3 is 2.57 bits per heavy atom. The highest BCUT2D eigenvalue weighted by atomic mass is 127. The summed E-state index contributed by atoms with van der Waals surface area (Å²) in [5.74, 6) is 1.00. The van der Waals surface area contributed by atoms with E-state index in [2.05, 4.69) is 58.4 Å². The van der Waals surface area contributed by atoms with Crippen molar-refractivity contribution in [2.24, 2.45) is 12.0 Å². The van der Waals surface area contributed by atoms with Crippen LogP contribution in [0.1, 0.15) is 23.4 Å². The fourth-order valence-electron chi connectivity index (χ4n) is 3.55. The molecule has 0 spiro atoms. The Hall–Kier alpha value is -0.880. The number of hydrogen-bond donors (Lipinski definition) is 1. The second-order valence-corrected chi connectivity index (χ2v) is 9.39. The van der Waals surface area contributed by atoms with Crippen LogP contribution in [0.25, 0.3) is 0 Å². The molecule has 0 amide bonds. The van der Waals surface area contributed by atoms with Gasteiger partial charge in [0.05, 0.1) is 23.1 Å². The summed E-state index contributed by atoms with van der Waals surface area (Å²) in [4.78, 5) is 13.4. The lowest BCUT2D eigenvalue weighted by atomic mass is 10.1. The first kappa shape index (κ1) is 25.4. The number of piperazine rings is 1. The summed E-state index contributed by atoms with van der Waals surface area (Å²) in [6, 6.07) is 4.32. The highest BCUT2D eigenvalue weighted by molar-refractivity contribution is 14.0. The van der Waals surface area contributed by atoms with Gasteiger partial charge in [0.2, 0.25) is 0 Å². The largest absolute Gasteiger partial charge is 0.357 e. The molecule has 0 aliphatic carbocycles. The van der Waals surface area contributed by atoms with E-state index >= 15 is 0 Å². The standard InChI is InChI=1S/C20H32ClN7S.HI/c1-5-22-20(23-13-18(25(2)3)16-12-24-26(4)14-16)28-10-8-27(9-11-28)15-17-6-7-19(21)29-17;/h6-7,12,14,18H,5,8-11,13,15H2,1-4H3,(H,22,23);1H. The fourth-order valence-corrected chi connectivity index (χ4v) is 4.68. The van der Waals surface area contributed by atoms with Gasteiger partial charge in [0.1, 0.15) is 0 Å². The van der Waals surface area contributed by atoms with Crippen LogP contribution in [0.5, 0.6) is 0 Å². The van der Waals surface area contributed by atoms with Crippen molar-refractivity contribution in [2.75, 3.05) is 53.4 Å². The molecule has 1 atom stereocenters. The first-order valence-corrected chi connectivity index (χ1v) is 11.3. The maximum atomic E-state index is 6.06. The molecule has 3 rings (SSSR count). The normalized spacial score (nSPS) is 16.6. The van der Waals surface area contributed by atoms with Gasteiger partial charge in [0, 0.05) is 63.0 Å². The molecule has 3 heterocycles. The lowest BCUT2D eigenvalue weighted by Gasteiger charge is -2.36. The number of aliphatic imine (C=N–C) groups is 1. The summed E-state index contributed by atoms with van der Waals surface area (Å²) in [7, 11) is 6.14. The Morgan fingerprint density at radius 1 is 1.30 bits per heavy atom. The Morgan fingerprint density at radius 2 is 2.03 bits per heavy atom. The minimum Gasteiger partial charge on any atom is -0.357 e. The van der Waals surface area contributed by atoms with Crippen LogP contribution < -0.4 is 5.32 Å². The van der Waals surface area contributed by atoms with Crippen molar-refractivity contribution in [1.29, 1.82) is 0 Å². The molecular formula is C20H33ClIN7S. The molecule has 2 aromatic rings. The molecule has 7 nitrogen and oxygen atoms in total. The second-order valence-electron chi connectivity index (χ2n) is 7.59. The molecule has 1 aliphatic rings. The van der Waals surface area contributed by atoms with E-state index in [9.17, 15) is 0 Å². The number of thiophene rings is 1. The molecule has 168 valence electrons. The van der Waals surface area contributed by atoms with Crippen molar-refractivity contribution in [3.8, 4) is 0 Å². The zero-order valence-corrected chi connectivity index (χ0v) is 22.1. The van der Waals surface area contributed by atoms with Crippen molar-refractivity contribution >= 4 is 52.9 Å². The van der Waals surface area contributed by atoms with Gasteiger partial charge in [-0.15, -0.1) is 35.3 Å². The van der Waals surface area contributed by atoms with Crippen LogP contribution in [-0.4, -0.2) is 83.8 Å². The van der Waals surface area contributed by atoms with Crippen LogP contribution in [0.15, 0.2) is 29.5 Å². The molecule has 0 saturated carbocycles. The van der Waals surface area contributed by atoms with E-state index in [1.165, 1.54) is 10.4 Å². The Kier molecular flexibility index (Phi) is 10.3. The molecule has 1 saturated heterocycles. The van der Waals surface area contributed by atoms with Crippen LogP contribution in [0, 0.1) is 0 Å². The van der Waals surface area contributed by atoms with E-state index in [0.29, 0.717) is 6.54 Å². The molecule has 1 unspecified atom stereocenters. The summed E-state index contributed by atoms with van der Waals surface area (Å²) in [5.41, 5.74) is 1.19. The van der Waals surface area contributed by atoms with Gasteiger partial charge in [0.25, 0.3) is 0 Å². The monoisotopic (exact) mass is 565 g/mol. The zero-order chi connectivity index (χ0) is 20.8. The van der Waals surface area contributed by atoms with Gasteiger partial charge in [-0.1, -0.05) is 11.6 Å². The summed E-state index contributed by atoms with van der Waals surface area (Å²) in [6.07, 6.45) is 4.01. The van der Waals surface area contributed by atoms with Crippen LogP contribution in [0.3, 0.4) is 0 Å². The van der Waals surface area contributed by atoms with Gasteiger partial charge in [-0.3, -0.25) is 14.6 Å². The summed E-state index contributed by atoms with van der Waals surface area (Å²) < 4.78 is 2.71. The van der Waals surface area contributed by atoms with E-state index in [4.69, 9.17) is 16.6 Å². The number of guanidine groups is 1. The Balaban J connectivity index is 0.00000320. The third-order valence-corrected chi connectivity index (χ3v) is 6.38. The van der Waals surface area contributed by atoms with E-state index in [0.717, 1.165) is 49.6 Å². The third-order valence-electron chi connectivity index (χ3n) is 5.16. The topological polar surface area (TPSA) is 51.9 Å². The first-order chi connectivity index (χ1) is 14.0. The number of likely N-dealkylation sites (N-methyl/N-ethyl adjacent to an activating group) is 1. The highest BCUT2D eigenvalue weighted by Crippen LogP contribution is 2.23. The minimum absolute atomic E-state index is 0. The predicted octanol–water partition coefficient (Wildman–Crippen LogP) is 3.14. The van der Waals surface area contributed by atoms with Crippen LogP contribution in [0.2, 0.25) is 4.34 Å². The fraction of sp³-hybridized carbons (Fsp3) is 0.600. The summed E-state index contributed by atoms with van der Waals surface area (Å²) in [5, 5.41) is 7.79. The average Bonchev–Trinajstić information content (AvgIpc) is 3.29. The first-order valence-electron chi connectivity index (χ1n) is 10.1. The molecule has 10 heteroatoms. The third kappa shape index (κ3) is 7.08. The van der Waals surface area contributed by atoms with Crippen molar-refractivity contribution in [3.63, 3.8) is 0 Å². The van der Waals surface area contributed by atoms with Gasteiger partial charge in [-0.2, -0.15) is 5.10 Å². The molecule has 1 aliphatic heterocycles. The number of aryl methyl sites for hydroxylation is 1. The smallest absolute Gasteiger partial charge is 0.194 e. The minimum atomic E-state index is 0. The van der Waals surface area contributed by atoms with E-state index < -0.39 is 0 Å². The molecule has 2 aromatic heterocycles. The SMILES string of the molecule is CCNC(=NCC(c1cnn(C)c1)N(C)C)N1CCN(Cc2ccc(Cl)s2)CC1.I. The van der Waals surface area contributed by atoms with Crippen molar-refractivity contribution in [1.82, 2.24) is 29.8 Å². The molecule has 30 heavy (non-hydrogen) atoms. The maximum absolute atomic E-state index is 6.06. The Labute approximate surface area is 206 Å². The average molecular weight is 566 g/mol. The summed E-state index contributed by atoms with van der Waals surface area (Å²) in [6.45, 7) is 8.68. The zero-order valence-electron chi connectivity index (χ0n) is 18.2. The van der Waals surface area contributed by atoms with Gasteiger partial charge in [-0.25, -0.2) is 0 Å². The van der Waals surface area contributed by atoms with E-state index in [1.54, 1.807) is 11.3 Å². The number of nitrogens with zero attached hydrogens (tertiary/aromatic N) is 6. The van der Waals surface area contributed by atoms with Crippen molar-refractivity contribution in [3.05, 3.63) is 39.3 Å². The second kappa shape index (κ2) is 12.2. The molecule has 0 radical (unpaired) electrons. The number of rotatable bonds is 7. The van der Waals surface area contributed by atoms with Gasteiger partial charge < -0.3 is 15.1 Å². The predicted molar refractivity (Wildman–Crippen MR) is 137 cm³/mol. The molecule has 1 fully saturated rings. The van der Waals surface area contributed by atoms with Gasteiger partial charge in [0.15, 0.2) is 5.96 Å². The summed E-state index contributed by atoms with van der Waals surface area (Å²) >= 11 is 7.74. The van der Waals surface area contributed by atoms with Gasteiger partial charge in [-0.05, 0) is 33.2 Å². The molecule has 0 bridgehead atoms. The highest BCUT2D eigenvalue weighted by Gasteiger charge is 2.21. The van der Waals surface area contributed by atoms with Crippen molar-refractivity contribution in [2.45, 2.75) is 19.5 Å². The number of nitrogens with one attached hydrogen (secondary N) is 1. The van der Waals surface area contributed by atoms with Crippen LogP contribution >= 0.6 is 46.9 Å².